The average Bonchev–Trinajstić information content (AvgIpc) is 2.83. The Kier molecular flexibility index (Phi) is 2.64. The van der Waals surface area contributed by atoms with Gasteiger partial charge in [0.2, 0.25) is 0 Å². The zero-order valence-electron chi connectivity index (χ0n) is 9.95. The summed E-state index contributed by atoms with van der Waals surface area (Å²) >= 11 is 3.44. The van der Waals surface area contributed by atoms with Gasteiger partial charge in [-0.1, -0.05) is 28.1 Å². The van der Waals surface area contributed by atoms with Crippen LogP contribution in [0.4, 0.5) is 0 Å². The molecule has 0 unspecified atom stereocenters. The van der Waals surface area contributed by atoms with Crippen molar-refractivity contribution in [3.63, 3.8) is 0 Å². The fraction of sp³-hybridized carbons (Fsp3) is 0.500. The Morgan fingerprint density at radius 1 is 1.41 bits per heavy atom. The van der Waals surface area contributed by atoms with Crippen LogP contribution in [0, 0.1) is 0 Å². The third-order valence-electron chi connectivity index (χ3n) is 4.51. The largest absolute Gasteiger partial charge is 0.292 e. The number of halogens is 1. The van der Waals surface area contributed by atoms with Crippen LogP contribution in [0.15, 0.2) is 28.7 Å². The lowest BCUT2D eigenvalue weighted by Gasteiger charge is -2.30. The fourth-order valence-corrected chi connectivity index (χ4v) is 3.85. The van der Waals surface area contributed by atoms with Crippen molar-refractivity contribution in [1.29, 1.82) is 0 Å². The molecule has 2 heterocycles. The quantitative estimate of drug-likeness (QED) is 0.780. The van der Waals surface area contributed by atoms with Crippen LogP contribution in [0.1, 0.15) is 36.0 Å². The van der Waals surface area contributed by atoms with Crippen molar-refractivity contribution in [2.75, 3.05) is 7.05 Å². The SMILES string of the molecule is CN1C2CCC1(C(=O)c1cccc(Br)c1)CC2. The van der Waals surface area contributed by atoms with Crippen LogP contribution < -0.4 is 0 Å². The van der Waals surface area contributed by atoms with Crippen LogP contribution in [0.5, 0.6) is 0 Å². The molecule has 2 nitrogen and oxygen atoms in total. The fourth-order valence-electron chi connectivity index (χ4n) is 3.46. The monoisotopic (exact) mass is 293 g/mol. The van der Waals surface area contributed by atoms with Gasteiger partial charge in [0.15, 0.2) is 5.78 Å². The molecule has 2 saturated heterocycles. The molecule has 0 radical (unpaired) electrons. The van der Waals surface area contributed by atoms with Crippen LogP contribution in [-0.2, 0) is 0 Å². The number of Topliss-reactive ketones (excluding diaryl/α,β-unsaturated/α-hetero) is 1. The second-order valence-electron chi connectivity index (χ2n) is 5.21. The summed E-state index contributed by atoms with van der Waals surface area (Å²) in [6.45, 7) is 0. The van der Waals surface area contributed by atoms with Gasteiger partial charge in [-0.3, -0.25) is 9.69 Å². The van der Waals surface area contributed by atoms with Gasteiger partial charge in [-0.2, -0.15) is 0 Å². The van der Waals surface area contributed by atoms with Crippen LogP contribution in [-0.4, -0.2) is 29.3 Å². The van der Waals surface area contributed by atoms with Gasteiger partial charge in [-0.25, -0.2) is 0 Å². The van der Waals surface area contributed by atoms with Gasteiger partial charge in [0, 0.05) is 16.1 Å². The minimum absolute atomic E-state index is 0.203. The summed E-state index contributed by atoms with van der Waals surface area (Å²) in [5.41, 5.74) is 0.639. The first kappa shape index (κ1) is 11.4. The molecular formula is C14H16BrNO. The molecule has 3 heteroatoms. The standard InChI is InChI=1S/C14H16BrNO/c1-16-12-5-7-14(16,8-6-12)13(17)10-3-2-4-11(15)9-10/h2-4,9,12H,5-8H2,1H3. The molecule has 0 amide bonds. The summed E-state index contributed by atoms with van der Waals surface area (Å²) in [7, 11) is 2.11. The Morgan fingerprint density at radius 3 is 2.65 bits per heavy atom. The van der Waals surface area contributed by atoms with E-state index in [1.165, 1.54) is 12.8 Å². The van der Waals surface area contributed by atoms with Crippen molar-refractivity contribution >= 4 is 21.7 Å². The molecule has 1 aromatic carbocycles. The highest BCUT2D eigenvalue weighted by atomic mass is 79.9. The van der Waals surface area contributed by atoms with Gasteiger partial charge in [-0.15, -0.1) is 0 Å². The van der Waals surface area contributed by atoms with Crippen LogP contribution in [0.25, 0.3) is 0 Å². The molecule has 90 valence electrons. The lowest BCUT2D eigenvalue weighted by atomic mass is 9.81. The van der Waals surface area contributed by atoms with E-state index in [1.807, 2.05) is 24.3 Å². The van der Waals surface area contributed by atoms with Gasteiger partial charge in [-0.05, 0) is 44.9 Å². The lowest BCUT2D eigenvalue weighted by Crippen LogP contribution is -2.45. The topological polar surface area (TPSA) is 20.3 Å². The number of ketones is 1. The third-order valence-corrected chi connectivity index (χ3v) is 5.01. The van der Waals surface area contributed by atoms with Crippen molar-refractivity contribution in [3.05, 3.63) is 34.3 Å². The Bertz CT molecular complexity index is 463. The summed E-state index contributed by atoms with van der Waals surface area (Å²) in [4.78, 5) is 15.0. The number of rotatable bonds is 2. The van der Waals surface area contributed by atoms with E-state index in [9.17, 15) is 4.79 Å². The van der Waals surface area contributed by atoms with Gasteiger partial charge in [0.25, 0.3) is 0 Å². The van der Waals surface area contributed by atoms with E-state index in [4.69, 9.17) is 0 Å². The van der Waals surface area contributed by atoms with E-state index < -0.39 is 0 Å². The molecule has 0 aromatic heterocycles. The number of nitrogens with zero attached hydrogens (tertiary/aromatic N) is 1. The Morgan fingerprint density at radius 2 is 2.12 bits per heavy atom. The molecule has 0 atom stereocenters. The summed E-state index contributed by atoms with van der Waals surface area (Å²) in [6, 6.07) is 8.41. The molecule has 0 saturated carbocycles. The first-order valence-corrected chi connectivity index (χ1v) is 6.96. The number of hydrogen-bond acceptors (Lipinski definition) is 2. The van der Waals surface area contributed by atoms with E-state index in [1.54, 1.807) is 0 Å². The van der Waals surface area contributed by atoms with Gasteiger partial charge < -0.3 is 0 Å². The Hall–Kier alpha value is -0.670. The van der Waals surface area contributed by atoms with E-state index >= 15 is 0 Å². The molecule has 2 bridgehead atoms. The zero-order chi connectivity index (χ0) is 12.0. The maximum absolute atomic E-state index is 12.7. The van der Waals surface area contributed by atoms with Crippen molar-refractivity contribution in [2.45, 2.75) is 37.3 Å². The zero-order valence-corrected chi connectivity index (χ0v) is 11.5. The molecule has 2 fully saturated rings. The van der Waals surface area contributed by atoms with Crippen molar-refractivity contribution in [3.8, 4) is 0 Å². The van der Waals surface area contributed by atoms with E-state index in [0.717, 1.165) is 22.9 Å². The molecule has 0 spiro atoms. The number of hydrogen-bond donors (Lipinski definition) is 0. The number of carbonyl (C=O) groups excluding carboxylic acids is 1. The smallest absolute Gasteiger partial charge is 0.183 e. The molecule has 0 aliphatic carbocycles. The maximum Gasteiger partial charge on any atom is 0.183 e. The summed E-state index contributed by atoms with van der Waals surface area (Å²) in [6.07, 6.45) is 4.41. The number of fused-ring (bicyclic) bond motifs is 2. The first-order chi connectivity index (χ1) is 8.13. The first-order valence-electron chi connectivity index (χ1n) is 6.17. The predicted molar refractivity (Wildman–Crippen MR) is 71.2 cm³/mol. The van der Waals surface area contributed by atoms with Gasteiger partial charge in [0.05, 0.1) is 5.54 Å². The molecule has 3 rings (SSSR count). The molecule has 1 aromatic rings. The number of benzene rings is 1. The third kappa shape index (κ3) is 1.59. The average molecular weight is 294 g/mol. The molecule has 2 aliphatic rings. The molecule has 0 N–H and O–H groups in total. The van der Waals surface area contributed by atoms with E-state index in [2.05, 4.69) is 27.9 Å². The second-order valence-corrected chi connectivity index (χ2v) is 6.13. The minimum Gasteiger partial charge on any atom is -0.292 e. The number of carbonyl (C=O) groups is 1. The molecule has 2 aliphatic heterocycles. The van der Waals surface area contributed by atoms with Crippen LogP contribution >= 0.6 is 15.9 Å². The highest BCUT2D eigenvalue weighted by Crippen LogP contribution is 2.46. The highest BCUT2D eigenvalue weighted by molar-refractivity contribution is 9.10. The Labute approximate surface area is 110 Å². The predicted octanol–water partition coefficient (Wildman–Crippen LogP) is 3.26. The normalized spacial score (nSPS) is 32.0. The minimum atomic E-state index is -0.203. The van der Waals surface area contributed by atoms with E-state index in [-0.39, 0.29) is 5.54 Å². The molecular weight excluding hydrogens is 278 g/mol. The molecule has 17 heavy (non-hydrogen) atoms. The van der Waals surface area contributed by atoms with Crippen molar-refractivity contribution in [1.82, 2.24) is 4.90 Å². The van der Waals surface area contributed by atoms with Crippen molar-refractivity contribution < 1.29 is 4.79 Å². The maximum atomic E-state index is 12.7. The lowest BCUT2D eigenvalue weighted by molar-refractivity contribution is 0.0752. The highest BCUT2D eigenvalue weighted by Gasteiger charge is 2.54. The van der Waals surface area contributed by atoms with Crippen molar-refractivity contribution in [2.24, 2.45) is 0 Å². The summed E-state index contributed by atoms with van der Waals surface area (Å²) in [5.74, 6) is 0.307. The Balaban J connectivity index is 1.97. The second kappa shape index (κ2) is 3.92. The number of likely N-dealkylation sites (N-methyl/N-ethyl adjacent to an activating group) is 1. The van der Waals surface area contributed by atoms with Crippen LogP contribution in [0.3, 0.4) is 0 Å². The van der Waals surface area contributed by atoms with E-state index in [0.29, 0.717) is 11.8 Å². The summed E-state index contributed by atoms with van der Waals surface area (Å²) in [5, 5.41) is 0. The van der Waals surface area contributed by atoms with Crippen LogP contribution in [0.2, 0.25) is 0 Å². The van der Waals surface area contributed by atoms with Gasteiger partial charge in [0.1, 0.15) is 0 Å². The van der Waals surface area contributed by atoms with Gasteiger partial charge >= 0.3 is 0 Å². The summed E-state index contributed by atoms with van der Waals surface area (Å²) < 4.78 is 0.981.